The molecule has 1 aromatic rings. The molecule has 2 saturated carbocycles. The first-order chi connectivity index (χ1) is 12.7. The maximum Gasteiger partial charge on any atom is 0.416 e. The number of hydrogen-bond donors (Lipinski definition) is 3. The second kappa shape index (κ2) is 7.78. The van der Waals surface area contributed by atoms with Crippen molar-refractivity contribution in [1.82, 2.24) is 10.6 Å². The number of carbonyl (C=O) groups is 2. The summed E-state index contributed by atoms with van der Waals surface area (Å²) in [7, 11) is 0. The zero-order valence-corrected chi connectivity index (χ0v) is 14.8. The summed E-state index contributed by atoms with van der Waals surface area (Å²) >= 11 is 0. The van der Waals surface area contributed by atoms with E-state index in [0.29, 0.717) is 31.2 Å². The Morgan fingerprint density at radius 1 is 1.07 bits per heavy atom. The molecule has 1 aromatic carbocycles. The molecule has 0 bridgehead atoms. The van der Waals surface area contributed by atoms with E-state index in [0.717, 1.165) is 25.0 Å². The Balaban J connectivity index is 1.60. The van der Waals surface area contributed by atoms with E-state index in [9.17, 15) is 22.8 Å². The van der Waals surface area contributed by atoms with E-state index in [1.807, 2.05) is 0 Å². The number of benzene rings is 1. The van der Waals surface area contributed by atoms with Crippen LogP contribution in [0.1, 0.15) is 55.7 Å². The number of aliphatic carboxylic acids is 1. The van der Waals surface area contributed by atoms with Gasteiger partial charge in [0.15, 0.2) is 0 Å². The highest BCUT2D eigenvalue weighted by atomic mass is 19.4. The van der Waals surface area contributed by atoms with Crippen LogP contribution >= 0.6 is 0 Å². The van der Waals surface area contributed by atoms with Crippen LogP contribution in [0.4, 0.5) is 18.0 Å². The number of hydrogen-bond acceptors (Lipinski definition) is 2. The molecule has 8 heteroatoms. The van der Waals surface area contributed by atoms with Gasteiger partial charge in [-0.25, -0.2) is 4.79 Å². The average Bonchev–Trinajstić information content (AvgIpc) is 3.44. The molecule has 1 unspecified atom stereocenters. The molecule has 27 heavy (non-hydrogen) atoms. The number of carbonyl (C=O) groups excluding carboxylic acids is 1. The summed E-state index contributed by atoms with van der Waals surface area (Å²) in [5.41, 5.74) is -0.267. The van der Waals surface area contributed by atoms with E-state index in [4.69, 9.17) is 5.11 Å². The van der Waals surface area contributed by atoms with Gasteiger partial charge in [0.05, 0.1) is 17.5 Å². The van der Waals surface area contributed by atoms with Gasteiger partial charge in [-0.3, -0.25) is 4.79 Å². The Morgan fingerprint density at radius 2 is 1.74 bits per heavy atom. The molecule has 148 valence electrons. The molecule has 0 radical (unpaired) electrons. The zero-order chi connectivity index (χ0) is 19.6. The first-order valence-electron chi connectivity index (χ1n) is 9.21. The van der Waals surface area contributed by atoms with Crippen molar-refractivity contribution in [2.45, 2.75) is 56.8 Å². The van der Waals surface area contributed by atoms with Crippen LogP contribution in [-0.4, -0.2) is 23.1 Å². The molecule has 1 atom stereocenters. The number of alkyl halides is 3. The van der Waals surface area contributed by atoms with Gasteiger partial charge in [-0.1, -0.05) is 12.1 Å². The summed E-state index contributed by atoms with van der Waals surface area (Å²) in [5.74, 6) is -1.03. The highest BCUT2D eigenvalue weighted by Crippen LogP contribution is 2.42. The van der Waals surface area contributed by atoms with E-state index in [1.54, 1.807) is 6.07 Å². The molecular weight excluding hydrogens is 361 g/mol. The van der Waals surface area contributed by atoms with E-state index in [1.165, 1.54) is 6.07 Å². The van der Waals surface area contributed by atoms with Crippen molar-refractivity contribution in [2.75, 3.05) is 0 Å². The molecule has 5 nitrogen and oxygen atoms in total. The number of carboxylic acid groups (broad SMARTS) is 1. The van der Waals surface area contributed by atoms with E-state index >= 15 is 0 Å². The smallest absolute Gasteiger partial charge is 0.416 e. The summed E-state index contributed by atoms with van der Waals surface area (Å²) in [6, 6.07) is 4.11. The SMILES string of the molecule is O=C(NC1CCC(C(=O)O)CC1)NC(c1cccc(C(F)(F)F)c1)C1CC1. The number of carboxylic acids is 1. The molecule has 0 aromatic heterocycles. The third kappa shape index (κ3) is 5.14. The maximum absolute atomic E-state index is 13.0. The van der Waals surface area contributed by atoms with Gasteiger partial charge >= 0.3 is 18.2 Å². The summed E-state index contributed by atoms with van der Waals surface area (Å²) in [6.07, 6.45) is -0.491. The highest BCUT2D eigenvalue weighted by Gasteiger charge is 2.36. The van der Waals surface area contributed by atoms with Gasteiger partial charge in [0.25, 0.3) is 0 Å². The van der Waals surface area contributed by atoms with Crippen molar-refractivity contribution in [3.05, 3.63) is 35.4 Å². The molecular formula is C19H23F3N2O3. The van der Waals surface area contributed by atoms with Crippen LogP contribution in [0.5, 0.6) is 0 Å². The Hall–Kier alpha value is -2.25. The van der Waals surface area contributed by atoms with Crippen LogP contribution in [0.15, 0.2) is 24.3 Å². The number of amides is 2. The summed E-state index contributed by atoms with van der Waals surface area (Å²) < 4.78 is 38.9. The topological polar surface area (TPSA) is 78.4 Å². The van der Waals surface area contributed by atoms with Crippen molar-refractivity contribution < 1.29 is 27.9 Å². The second-order valence-electron chi connectivity index (χ2n) is 7.44. The number of rotatable bonds is 5. The average molecular weight is 384 g/mol. The quantitative estimate of drug-likeness (QED) is 0.715. The predicted octanol–water partition coefficient (Wildman–Crippen LogP) is 4.10. The normalized spacial score (nSPS) is 24.1. The van der Waals surface area contributed by atoms with Gasteiger partial charge in [-0.15, -0.1) is 0 Å². The molecule has 3 N–H and O–H groups in total. The van der Waals surface area contributed by atoms with Crippen molar-refractivity contribution in [3.8, 4) is 0 Å². The van der Waals surface area contributed by atoms with Crippen LogP contribution in [-0.2, 0) is 11.0 Å². The van der Waals surface area contributed by atoms with Gasteiger partial charge < -0.3 is 15.7 Å². The third-order valence-electron chi connectivity index (χ3n) is 5.36. The molecule has 2 aliphatic carbocycles. The predicted molar refractivity (Wildman–Crippen MR) is 92.0 cm³/mol. The first kappa shape index (κ1) is 19.5. The number of urea groups is 1. The van der Waals surface area contributed by atoms with Crippen molar-refractivity contribution >= 4 is 12.0 Å². The van der Waals surface area contributed by atoms with Gasteiger partial charge in [-0.2, -0.15) is 13.2 Å². The molecule has 2 fully saturated rings. The fourth-order valence-electron chi connectivity index (χ4n) is 3.66. The summed E-state index contributed by atoms with van der Waals surface area (Å²) in [4.78, 5) is 23.3. The zero-order valence-electron chi connectivity index (χ0n) is 14.8. The van der Waals surface area contributed by atoms with Crippen LogP contribution in [0.25, 0.3) is 0 Å². The maximum atomic E-state index is 13.0. The monoisotopic (exact) mass is 384 g/mol. The van der Waals surface area contributed by atoms with E-state index in [2.05, 4.69) is 10.6 Å². The lowest BCUT2D eigenvalue weighted by molar-refractivity contribution is -0.143. The van der Waals surface area contributed by atoms with Crippen LogP contribution in [0.2, 0.25) is 0 Å². The minimum absolute atomic E-state index is 0.109. The molecule has 0 saturated heterocycles. The van der Waals surface area contributed by atoms with Crippen molar-refractivity contribution in [3.63, 3.8) is 0 Å². The largest absolute Gasteiger partial charge is 0.481 e. The highest BCUT2D eigenvalue weighted by molar-refractivity contribution is 5.75. The molecule has 3 rings (SSSR count). The fourth-order valence-corrected chi connectivity index (χ4v) is 3.66. The van der Waals surface area contributed by atoms with E-state index in [-0.39, 0.29) is 17.9 Å². The Bertz CT molecular complexity index is 696. The Morgan fingerprint density at radius 3 is 2.30 bits per heavy atom. The van der Waals surface area contributed by atoms with Crippen LogP contribution in [0.3, 0.4) is 0 Å². The van der Waals surface area contributed by atoms with E-state index < -0.39 is 29.8 Å². The molecule has 0 heterocycles. The van der Waals surface area contributed by atoms with Gasteiger partial charge in [0.1, 0.15) is 0 Å². The third-order valence-corrected chi connectivity index (χ3v) is 5.36. The van der Waals surface area contributed by atoms with Gasteiger partial charge in [0, 0.05) is 6.04 Å². The minimum Gasteiger partial charge on any atom is -0.481 e. The Kier molecular flexibility index (Phi) is 5.62. The standard InChI is InChI=1S/C19H23F3N2O3/c20-19(21,22)14-3-1-2-13(10-14)16(11-4-5-11)24-18(27)23-15-8-6-12(7-9-15)17(25)26/h1-3,10-12,15-16H,4-9H2,(H,25,26)(H2,23,24,27). The molecule has 2 aliphatic rings. The first-order valence-corrected chi connectivity index (χ1v) is 9.21. The minimum atomic E-state index is -4.42. The number of nitrogens with one attached hydrogen (secondary N) is 2. The Labute approximate surface area is 155 Å². The summed E-state index contributed by atoms with van der Waals surface area (Å²) in [5, 5.41) is 14.7. The molecule has 2 amide bonds. The fraction of sp³-hybridized carbons (Fsp3) is 0.579. The molecule has 0 aliphatic heterocycles. The lowest BCUT2D eigenvalue weighted by Crippen LogP contribution is -2.45. The number of halogens is 3. The van der Waals surface area contributed by atoms with Crippen molar-refractivity contribution in [2.24, 2.45) is 11.8 Å². The second-order valence-corrected chi connectivity index (χ2v) is 7.44. The van der Waals surface area contributed by atoms with Crippen molar-refractivity contribution in [1.29, 1.82) is 0 Å². The summed E-state index contributed by atoms with van der Waals surface area (Å²) in [6.45, 7) is 0. The van der Waals surface area contributed by atoms with Crippen LogP contribution in [0, 0.1) is 11.8 Å². The van der Waals surface area contributed by atoms with Gasteiger partial charge in [0.2, 0.25) is 0 Å². The lowest BCUT2D eigenvalue weighted by atomic mass is 9.86. The van der Waals surface area contributed by atoms with Gasteiger partial charge in [-0.05, 0) is 62.1 Å². The van der Waals surface area contributed by atoms with Crippen LogP contribution < -0.4 is 10.6 Å². The molecule has 0 spiro atoms. The lowest BCUT2D eigenvalue weighted by Gasteiger charge is -2.28.